The molecule has 1 saturated heterocycles. The highest BCUT2D eigenvalue weighted by Gasteiger charge is 2.38. The van der Waals surface area contributed by atoms with Gasteiger partial charge in [-0.1, -0.05) is 25.7 Å². The van der Waals surface area contributed by atoms with Crippen LogP contribution in [0.4, 0.5) is 0 Å². The minimum atomic E-state index is -2.30. The fourth-order valence-electron chi connectivity index (χ4n) is 2.75. The Kier molecular flexibility index (Phi) is 5.47. The normalized spacial score (nSPS) is 27.8. The molecule has 1 atom stereocenters. The van der Waals surface area contributed by atoms with Gasteiger partial charge in [-0.3, -0.25) is 4.78 Å². The Morgan fingerprint density at radius 1 is 1.20 bits per heavy atom. The molecule has 1 aromatic carbocycles. The Labute approximate surface area is 160 Å². The topological polar surface area (TPSA) is 43.3 Å². The summed E-state index contributed by atoms with van der Waals surface area (Å²) in [5, 5.41) is 5.83. The summed E-state index contributed by atoms with van der Waals surface area (Å²) in [7, 11) is 3.62. The average molecular weight is 418 g/mol. The van der Waals surface area contributed by atoms with Crippen LogP contribution in [0, 0.1) is 5.41 Å². The molecule has 2 aliphatic heterocycles. The predicted octanol–water partition coefficient (Wildman–Crippen LogP) is 3.40. The quantitative estimate of drug-likeness (QED) is 0.699. The number of hydrogen-bond acceptors (Lipinski definition) is 6. The third-order valence-electron chi connectivity index (χ3n) is 4.31. The second kappa shape index (κ2) is 7.03. The van der Waals surface area contributed by atoms with Crippen molar-refractivity contribution in [3.8, 4) is 5.75 Å². The van der Waals surface area contributed by atoms with E-state index in [1.54, 1.807) is 7.11 Å². The highest BCUT2D eigenvalue weighted by molar-refractivity contribution is 8.17. The number of benzene rings is 1. The van der Waals surface area contributed by atoms with Gasteiger partial charge in [-0.05, 0) is 36.1 Å². The van der Waals surface area contributed by atoms with E-state index < -0.39 is 12.7 Å². The van der Waals surface area contributed by atoms with Crippen molar-refractivity contribution < 1.29 is 13.8 Å². The Morgan fingerprint density at radius 3 is 2.36 bits per heavy atom. The van der Waals surface area contributed by atoms with Gasteiger partial charge in [-0.15, -0.1) is 0 Å². The minimum Gasteiger partial charge on any atom is -0.497 e. The van der Waals surface area contributed by atoms with Crippen molar-refractivity contribution >= 4 is 47.3 Å². The summed E-state index contributed by atoms with van der Waals surface area (Å²) in [5.41, 5.74) is 1.03. The summed E-state index contributed by atoms with van der Waals surface area (Å²) in [4.78, 5) is 0. The van der Waals surface area contributed by atoms with Gasteiger partial charge in [0.1, 0.15) is 5.75 Å². The molecule has 0 N–H and O–H groups in total. The Balaban J connectivity index is 1.73. The molecule has 0 spiro atoms. The maximum Gasteiger partial charge on any atom is 0.194 e. The van der Waals surface area contributed by atoms with Gasteiger partial charge in [-0.2, -0.15) is 5.10 Å². The molecule has 0 radical (unpaired) electrons. The fraction of sp³-hybridized carbons (Fsp3) is 0.562. The minimum absolute atomic E-state index is 0.0223. The number of hydrazone groups is 1. The van der Waals surface area contributed by atoms with Gasteiger partial charge >= 0.3 is 0 Å². The molecule has 1 aromatic rings. The van der Waals surface area contributed by atoms with Crippen LogP contribution in [0.2, 0.25) is 0 Å². The molecule has 0 amide bonds. The van der Waals surface area contributed by atoms with Gasteiger partial charge in [0.15, 0.2) is 6.49 Å². The zero-order valence-electron chi connectivity index (χ0n) is 15.0. The number of ether oxygens (including phenoxy) is 1. The lowest BCUT2D eigenvalue weighted by Crippen LogP contribution is -2.30. The standard InChI is InChI=1S/C16H24N2O3P2S2/c1-16(2)11-20-23(25,21-12-16)10-13-9-22(24,18(3)17-13)15-7-5-14(19-4)6-8-15/h5-8H,9-12H2,1-4H3. The van der Waals surface area contributed by atoms with Gasteiger partial charge < -0.3 is 13.8 Å². The van der Waals surface area contributed by atoms with E-state index in [9.17, 15) is 0 Å². The highest BCUT2D eigenvalue weighted by Crippen LogP contribution is 2.57. The van der Waals surface area contributed by atoms with E-state index in [0.29, 0.717) is 19.4 Å². The fourth-order valence-corrected chi connectivity index (χ4v) is 8.86. The lowest BCUT2D eigenvalue weighted by molar-refractivity contribution is 0.0613. The maximum atomic E-state index is 6.03. The van der Waals surface area contributed by atoms with E-state index in [2.05, 4.69) is 13.8 Å². The summed E-state index contributed by atoms with van der Waals surface area (Å²) >= 11 is 11.7. The van der Waals surface area contributed by atoms with Crippen LogP contribution in [0.1, 0.15) is 13.8 Å². The van der Waals surface area contributed by atoms with Crippen molar-refractivity contribution in [3.63, 3.8) is 0 Å². The first-order chi connectivity index (χ1) is 11.7. The Hall–Kier alpha value is -0.290. The molecule has 2 aliphatic rings. The lowest BCUT2D eigenvalue weighted by atomic mass is 9.97. The lowest BCUT2D eigenvalue weighted by Gasteiger charge is -2.36. The van der Waals surface area contributed by atoms with Crippen molar-refractivity contribution in [1.82, 2.24) is 4.78 Å². The van der Waals surface area contributed by atoms with Gasteiger partial charge in [0.2, 0.25) is 0 Å². The van der Waals surface area contributed by atoms with E-state index in [1.807, 2.05) is 36.1 Å². The van der Waals surface area contributed by atoms with Crippen LogP contribution in [-0.4, -0.2) is 50.2 Å². The Bertz CT molecular complexity index is 766. The average Bonchev–Trinajstić information content (AvgIpc) is 2.86. The number of nitrogens with zero attached hydrogens (tertiary/aromatic N) is 2. The molecule has 0 bridgehead atoms. The SMILES string of the molecule is COc1ccc(P2(=S)CC(CP3(=S)OCC(C)(C)CO3)=NN2C)cc1. The number of hydrogen-bond donors (Lipinski definition) is 0. The van der Waals surface area contributed by atoms with Gasteiger partial charge in [0, 0.05) is 23.9 Å². The summed E-state index contributed by atoms with van der Waals surface area (Å²) in [6.07, 6.45) is -0.625. The summed E-state index contributed by atoms with van der Waals surface area (Å²) in [6, 6.07) is 7.99. The maximum absolute atomic E-state index is 6.03. The van der Waals surface area contributed by atoms with Crippen molar-refractivity contribution in [1.29, 1.82) is 0 Å². The van der Waals surface area contributed by atoms with Crippen molar-refractivity contribution in [2.45, 2.75) is 13.8 Å². The van der Waals surface area contributed by atoms with E-state index >= 15 is 0 Å². The van der Waals surface area contributed by atoms with Gasteiger partial charge in [0.25, 0.3) is 0 Å². The van der Waals surface area contributed by atoms with Crippen molar-refractivity contribution in [2.24, 2.45) is 10.5 Å². The van der Waals surface area contributed by atoms with Crippen LogP contribution in [0.15, 0.2) is 29.4 Å². The van der Waals surface area contributed by atoms with Crippen LogP contribution < -0.4 is 10.0 Å². The molecule has 138 valence electrons. The second-order valence-electron chi connectivity index (χ2n) is 7.19. The van der Waals surface area contributed by atoms with Crippen molar-refractivity contribution in [3.05, 3.63) is 24.3 Å². The summed E-state index contributed by atoms with van der Waals surface area (Å²) in [5.74, 6) is 0.829. The zero-order chi connectivity index (χ0) is 18.3. The summed E-state index contributed by atoms with van der Waals surface area (Å²) in [6.45, 7) is 3.22. The van der Waals surface area contributed by atoms with Crippen LogP contribution in [0.25, 0.3) is 0 Å². The molecule has 25 heavy (non-hydrogen) atoms. The van der Waals surface area contributed by atoms with Crippen LogP contribution >= 0.6 is 12.7 Å². The summed E-state index contributed by atoms with van der Waals surface area (Å²) < 4.78 is 19.1. The van der Waals surface area contributed by atoms with Crippen LogP contribution in [0.5, 0.6) is 5.75 Å². The molecule has 9 heteroatoms. The highest BCUT2D eigenvalue weighted by atomic mass is 32.5. The largest absolute Gasteiger partial charge is 0.497 e. The van der Waals surface area contributed by atoms with Crippen molar-refractivity contribution in [2.75, 3.05) is 39.7 Å². The van der Waals surface area contributed by atoms with Crippen LogP contribution in [-0.2, 0) is 32.7 Å². The van der Waals surface area contributed by atoms with Gasteiger partial charge in [0.05, 0.1) is 38.4 Å². The first-order valence-electron chi connectivity index (χ1n) is 8.08. The molecule has 2 heterocycles. The van der Waals surface area contributed by atoms with Crippen LogP contribution in [0.3, 0.4) is 0 Å². The molecule has 0 aromatic heterocycles. The molecule has 1 fully saturated rings. The van der Waals surface area contributed by atoms with E-state index in [4.69, 9.17) is 42.5 Å². The molecule has 5 nitrogen and oxygen atoms in total. The van der Waals surface area contributed by atoms with E-state index in [1.165, 1.54) is 0 Å². The number of methoxy groups -OCH3 is 1. The smallest absolute Gasteiger partial charge is 0.194 e. The van der Waals surface area contributed by atoms with E-state index in [0.717, 1.165) is 22.9 Å². The first kappa shape index (κ1) is 19.5. The third kappa shape index (κ3) is 4.18. The molecule has 3 rings (SSSR count). The monoisotopic (exact) mass is 418 g/mol. The first-order valence-corrected chi connectivity index (χ1v) is 13.8. The van der Waals surface area contributed by atoms with E-state index in [-0.39, 0.29) is 5.41 Å². The number of rotatable bonds is 4. The predicted molar refractivity (Wildman–Crippen MR) is 112 cm³/mol. The second-order valence-corrected chi connectivity index (χ2v) is 15.5. The zero-order valence-corrected chi connectivity index (χ0v) is 18.4. The molecular weight excluding hydrogens is 394 g/mol. The molecule has 0 saturated carbocycles. The molecule has 1 unspecified atom stereocenters. The third-order valence-corrected chi connectivity index (χ3v) is 11.8. The van der Waals surface area contributed by atoms with Gasteiger partial charge in [-0.25, -0.2) is 0 Å². The molecule has 0 aliphatic carbocycles. The molecular formula is C16H24N2O3P2S2. The Morgan fingerprint density at radius 2 is 1.80 bits per heavy atom.